The van der Waals surface area contributed by atoms with Gasteiger partial charge >= 0.3 is 5.97 Å². The molecule has 4 rings (SSSR count). The van der Waals surface area contributed by atoms with Crippen LogP contribution in [0.1, 0.15) is 21.5 Å². The Morgan fingerprint density at radius 2 is 1.76 bits per heavy atom. The first-order chi connectivity index (χ1) is 16.0. The van der Waals surface area contributed by atoms with E-state index in [0.29, 0.717) is 25.7 Å². The fourth-order valence-corrected chi connectivity index (χ4v) is 4.74. The fourth-order valence-electron chi connectivity index (χ4n) is 3.27. The van der Waals surface area contributed by atoms with E-state index in [-0.39, 0.29) is 18.1 Å². The SMILES string of the molecule is COC(=O)c1ccccc1N1C(=O)/C(=C/c2ccccc2OCc2ccccc2Cl)SC1=S. The molecule has 0 N–H and O–H groups in total. The number of anilines is 1. The average Bonchev–Trinajstić information content (AvgIpc) is 3.11. The van der Waals surface area contributed by atoms with Gasteiger partial charge in [-0.25, -0.2) is 4.79 Å². The third-order valence-corrected chi connectivity index (χ3v) is 6.56. The number of benzene rings is 3. The van der Waals surface area contributed by atoms with Crippen molar-refractivity contribution in [3.63, 3.8) is 0 Å². The standard InChI is InChI=1S/C25H18ClNO4S2/c1-30-24(29)18-10-4-6-12-20(18)27-23(28)22(33-25(27)32)14-16-8-3-7-13-21(16)31-15-17-9-2-5-11-19(17)26/h2-14H,15H2,1H3/b22-14-. The highest BCUT2D eigenvalue weighted by atomic mass is 35.5. The van der Waals surface area contributed by atoms with E-state index < -0.39 is 5.97 Å². The fraction of sp³-hybridized carbons (Fsp3) is 0.0800. The highest BCUT2D eigenvalue weighted by molar-refractivity contribution is 8.27. The summed E-state index contributed by atoms with van der Waals surface area (Å²) in [5, 5.41) is 0.625. The first-order valence-corrected chi connectivity index (χ1v) is 11.5. The molecule has 3 aromatic carbocycles. The quantitative estimate of drug-likeness (QED) is 0.233. The number of hydrogen-bond donors (Lipinski definition) is 0. The lowest BCUT2D eigenvalue weighted by Gasteiger charge is -2.17. The van der Waals surface area contributed by atoms with E-state index in [1.165, 1.54) is 23.8 Å². The van der Waals surface area contributed by atoms with Gasteiger partial charge in [0.25, 0.3) is 5.91 Å². The Labute approximate surface area is 205 Å². The van der Waals surface area contributed by atoms with E-state index >= 15 is 0 Å². The number of hydrogen-bond acceptors (Lipinski definition) is 6. The van der Waals surface area contributed by atoms with Crippen LogP contribution in [-0.4, -0.2) is 23.3 Å². The number of thioether (sulfide) groups is 1. The predicted molar refractivity (Wildman–Crippen MR) is 136 cm³/mol. The molecule has 0 radical (unpaired) electrons. The van der Waals surface area contributed by atoms with Crippen molar-refractivity contribution >= 4 is 63.5 Å². The molecule has 0 aromatic heterocycles. The monoisotopic (exact) mass is 495 g/mol. The molecule has 1 aliphatic heterocycles. The number of nitrogens with zero attached hydrogens (tertiary/aromatic N) is 1. The summed E-state index contributed by atoms with van der Waals surface area (Å²) in [6, 6.07) is 21.6. The average molecular weight is 496 g/mol. The summed E-state index contributed by atoms with van der Waals surface area (Å²) in [6.07, 6.45) is 1.74. The molecule has 0 unspecified atom stereocenters. The lowest BCUT2D eigenvalue weighted by Crippen LogP contribution is -2.29. The summed E-state index contributed by atoms with van der Waals surface area (Å²) < 4.78 is 11.2. The number of esters is 1. The Morgan fingerprint density at radius 3 is 2.55 bits per heavy atom. The summed E-state index contributed by atoms with van der Waals surface area (Å²) in [4.78, 5) is 27.2. The predicted octanol–water partition coefficient (Wildman–Crippen LogP) is 6.11. The van der Waals surface area contributed by atoms with Crippen LogP contribution < -0.4 is 9.64 Å². The first kappa shape index (κ1) is 23.0. The molecule has 8 heteroatoms. The molecule has 0 aliphatic carbocycles. The van der Waals surface area contributed by atoms with Gasteiger partial charge in [-0.3, -0.25) is 9.69 Å². The van der Waals surface area contributed by atoms with E-state index in [1.807, 2.05) is 48.5 Å². The number of halogens is 1. The van der Waals surface area contributed by atoms with Crippen LogP contribution in [0.25, 0.3) is 6.08 Å². The maximum absolute atomic E-state index is 13.3. The summed E-state index contributed by atoms with van der Waals surface area (Å²) in [5.74, 6) is -0.248. The molecule has 1 aliphatic rings. The highest BCUT2D eigenvalue weighted by Crippen LogP contribution is 2.38. The normalized spacial score (nSPS) is 14.6. The van der Waals surface area contributed by atoms with Gasteiger partial charge in [0.05, 0.1) is 23.3 Å². The van der Waals surface area contributed by atoms with E-state index in [0.717, 1.165) is 11.1 Å². The Kier molecular flexibility index (Phi) is 7.13. The number of ether oxygens (including phenoxy) is 2. The van der Waals surface area contributed by atoms with Crippen LogP contribution in [0, 0.1) is 0 Å². The Hall–Kier alpha value is -3.13. The highest BCUT2D eigenvalue weighted by Gasteiger charge is 2.35. The second-order valence-corrected chi connectivity index (χ2v) is 9.03. The third-order valence-electron chi connectivity index (χ3n) is 4.89. The Bertz CT molecular complexity index is 1270. The molecule has 166 valence electrons. The second-order valence-electron chi connectivity index (χ2n) is 6.94. The molecular formula is C25H18ClNO4S2. The zero-order valence-electron chi connectivity index (χ0n) is 17.5. The number of amides is 1. The minimum atomic E-state index is -0.540. The molecule has 0 spiro atoms. The molecule has 1 saturated heterocycles. The van der Waals surface area contributed by atoms with Crippen molar-refractivity contribution < 1.29 is 19.1 Å². The summed E-state index contributed by atoms with van der Waals surface area (Å²) >= 11 is 12.9. The van der Waals surface area contributed by atoms with Crippen molar-refractivity contribution in [2.45, 2.75) is 6.61 Å². The van der Waals surface area contributed by atoms with E-state index in [2.05, 4.69) is 0 Å². The van der Waals surface area contributed by atoms with Crippen molar-refractivity contribution in [1.29, 1.82) is 0 Å². The largest absolute Gasteiger partial charge is 0.488 e. The molecule has 0 bridgehead atoms. The maximum atomic E-state index is 13.3. The van der Waals surface area contributed by atoms with Crippen LogP contribution in [0.15, 0.2) is 77.7 Å². The van der Waals surface area contributed by atoms with Crippen LogP contribution in [0.5, 0.6) is 5.75 Å². The number of methoxy groups -OCH3 is 1. The zero-order valence-corrected chi connectivity index (χ0v) is 19.9. The number of thiocarbonyl (C=S) groups is 1. The van der Waals surface area contributed by atoms with Gasteiger partial charge in [0.2, 0.25) is 0 Å². The Balaban J connectivity index is 1.62. The van der Waals surface area contributed by atoms with Gasteiger partial charge in [0.1, 0.15) is 12.4 Å². The second kappa shape index (κ2) is 10.2. The van der Waals surface area contributed by atoms with Gasteiger partial charge < -0.3 is 9.47 Å². The molecule has 33 heavy (non-hydrogen) atoms. The molecule has 3 aromatic rings. The smallest absolute Gasteiger partial charge is 0.339 e. The van der Waals surface area contributed by atoms with Crippen molar-refractivity contribution in [2.24, 2.45) is 0 Å². The van der Waals surface area contributed by atoms with E-state index in [4.69, 9.17) is 33.3 Å². The molecule has 1 amide bonds. The van der Waals surface area contributed by atoms with E-state index in [9.17, 15) is 9.59 Å². The van der Waals surface area contributed by atoms with Gasteiger partial charge in [-0.05, 0) is 30.3 Å². The van der Waals surface area contributed by atoms with E-state index in [1.54, 1.807) is 30.3 Å². The van der Waals surface area contributed by atoms with Gasteiger partial charge in [-0.2, -0.15) is 0 Å². The first-order valence-electron chi connectivity index (χ1n) is 9.90. The molecular weight excluding hydrogens is 478 g/mol. The minimum Gasteiger partial charge on any atom is -0.488 e. The maximum Gasteiger partial charge on any atom is 0.339 e. The van der Waals surface area contributed by atoms with Gasteiger partial charge in [0.15, 0.2) is 4.32 Å². The summed E-state index contributed by atoms with van der Waals surface area (Å²) in [6.45, 7) is 0.290. The van der Waals surface area contributed by atoms with Crippen molar-refractivity contribution in [3.05, 3.63) is 99.4 Å². The van der Waals surface area contributed by atoms with Crippen LogP contribution in [0.4, 0.5) is 5.69 Å². The van der Waals surface area contributed by atoms with Crippen LogP contribution in [0.3, 0.4) is 0 Å². The summed E-state index contributed by atoms with van der Waals surface area (Å²) in [5.41, 5.74) is 2.24. The molecule has 1 heterocycles. The number of carbonyl (C=O) groups is 2. The molecule has 1 fully saturated rings. The topological polar surface area (TPSA) is 55.8 Å². The molecule has 0 saturated carbocycles. The number of carbonyl (C=O) groups excluding carboxylic acids is 2. The van der Waals surface area contributed by atoms with Crippen LogP contribution in [0.2, 0.25) is 5.02 Å². The zero-order chi connectivity index (χ0) is 23.4. The number of rotatable bonds is 6. The summed E-state index contributed by atoms with van der Waals surface area (Å²) in [7, 11) is 1.29. The van der Waals surface area contributed by atoms with Crippen LogP contribution >= 0.6 is 35.6 Å². The molecule has 5 nitrogen and oxygen atoms in total. The van der Waals surface area contributed by atoms with Crippen molar-refractivity contribution in [2.75, 3.05) is 12.0 Å². The van der Waals surface area contributed by atoms with Gasteiger partial charge in [0, 0.05) is 16.1 Å². The molecule has 0 atom stereocenters. The number of para-hydroxylation sites is 2. The van der Waals surface area contributed by atoms with Gasteiger partial charge in [-0.15, -0.1) is 0 Å². The van der Waals surface area contributed by atoms with Gasteiger partial charge in [-0.1, -0.05) is 84.1 Å². The van der Waals surface area contributed by atoms with Crippen molar-refractivity contribution in [1.82, 2.24) is 0 Å². The minimum absolute atomic E-state index is 0.265. The van der Waals surface area contributed by atoms with Crippen LogP contribution in [-0.2, 0) is 16.1 Å². The van der Waals surface area contributed by atoms with Crippen molar-refractivity contribution in [3.8, 4) is 5.75 Å². The third kappa shape index (κ3) is 4.95. The lowest BCUT2D eigenvalue weighted by molar-refractivity contribution is -0.113. The lowest BCUT2D eigenvalue weighted by atomic mass is 10.1. The Morgan fingerprint density at radius 1 is 1.06 bits per heavy atom.